The maximum Gasteiger partial charge on any atom is 0.196 e. The molecule has 0 bridgehead atoms. The van der Waals surface area contributed by atoms with E-state index >= 15 is 0 Å². The fraction of sp³-hybridized carbons (Fsp3) is 0.500. The molecule has 0 radical (unpaired) electrons. The van der Waals surface area contributed by atoms with Crippen LogP contribution in [0.1, 0.15) is 23.7 Å². The van der Waals surface area contributed by atoms with Gasteiger partial charge in [0.25, 0.3) is 0 Å². The molecule has 1 heterocycles. The van der Waals surface area contributed by atoms with Crippen LogP contribution in [0.4, 0.5) is 0 Å². The number of hydrogen-bond acceptors (Lipinski definition) is 2. The zero-order valence-corrected chi connectivity index (χ0v) is 8.55. The lowest BCUT2D eigenvalue weighted by Crippen LogP contribution is -2.31. The predicted molar refractivity (Wildman–Crippen MR) is 50.8 cm³/mol. The third kappa shape index (κ3) is 1.74. The topological polar surface area (TPSA) is 36.2 Å². The Labute approximate surface area is 78.5 Å². The molecule has 0 aliphatic carbocycles. The van der Waals surface area contributed by atoms with Crippen molar-refractivity contribution in [1.82, 2.24) is 0 Å². The SMILES string of the molecule is CCOc1c(C)c[n+]([O-])c(C)c1C. The summed E-state index contributed by atoms with van der Waals surface area (Å²) in [5.41, 5.74) is 2.52. The molecule has 1 aromatic rings. The van der Waals surface area contributed by atoms with Crippen LogP contribution in [0.5, 0.6) is 5.75 Å². The van der Waals surface area contributed by atoms with Crippen LogP contribution in [-0.4, -0.2) is 6.61 Å². The summed E-state index contributed by atoms with van der Waals surface area (Å²) in [5.74, 6) is 0.840. The Kier molecular flexibility index (Phi) is 2.76. The van der Waals surface area contributed by atoms with Crippen LogP contribution in [0.3, 0.4) is 0 Å². The molecule has 0 atom stereocenters. The highest BCUT2D eigenvalue weighted by molar-refractivity contribution is 5.38. The zero-order valence-electron chi connectivity index (χ0n) is 8.55. The van der Waals surface area contributed by atoms with Crippen molar-refractivity contribution in [2.24, 2.45) is 0 Å². The van der Waals surface area contributed by atoms with E-state index in [4.69, 9.17) is 4.74 Å². The number of aromatic nitrogens is 1. The molecule has 0 unspecified atom stereocenters. The highest BCUT2D eigenvalue weighted by Crippen LogP contribution is 2.22. The number of nitrogens with zero attached hydrogens (tertiary/aromatic N) is 1. The van der Waals surface area contributed by atoms with Crippen molar-refractivity contribution in [3.63, 3.8) is 0 Å². The van der Waals surface area contributed by atoms with Gasteiger partial charge in [0, 0.05) is 6.92 Å². The molecule has 0 amide bonds. The lowest BCUT2D eigenvalue weighted by atomic mass is 10.1. The first-order chi connectivity index (χ1) is 6.07. The third-order valence-electron chi connectivity index (χ3n) is 2.17. The van der Waals surface area contributed by atoms with Gasteiger partial charge in [-0.3, -0.25) is 0 Å². The van der Waals surface area contributed by atoms with E-state index in [1.807, 2.05) is 20.8 Å². The van der Waals surface area contributed by atoms with Crippen molar-refractivity contribution >= 4 is 0 Å². The molecule has 0 aromatic carbocycles. The van der Waals surface area contributed by atoms with Gasteiger partial charge in [-0.2, -0.15) is 4.73 Å². The summed E-state index contributed by atoms with van der Waals surface area (Å²) in [6.45, 7) is 8.15. The summed E-state index contributed by atoms with van der Waals surface area (Å²) in [6.07, 6.45) is 1.55. The first-order valence-electron chi connectivity index (χ1n) is 4.40. The summed E-state index contributed by atoms with van der Waals surface area (Å²) in [7, 11) is 0. The van der Waals surface area contributed by atoms with Crippen LogP contribution >= 0.6 is 0 Å². The van der Waals surface area contributed by atoms with Crippen molar-refractivity contribution in [3.05, 3.63) is 28.2 Å². The average molecular weight is 181 g/mol. The highest BCUT2D eigenvalue weighted by Gasteiger charge is 2.13. The molecular weight excluding hydrogens is 166 g/mol. The Morgan fingerprint density at radius 1 is 1.38 bits per heavy atom. The van der Waals surface area contributed by atoms with Gasteiger partial charge in [0.05, 0.1) is 17.7 Å². The Bertz CT molecular complexity index is 321. The van der Waals surface area contributed by atoms with E-state index in [0.717, 1.165) is 21.6 Å². The average Bonchev–Trinajstić information content (AvgIpc) is 2.09. The van der Waals surface area contributed by atoms with Gasteiger partial charge in [-0.25, -0.2) is 0 Å². The molecule has 3 nitrogen and oxygen atoms in total. The molecule has 3 heteroatoms. The van der Waals surface area contributed by atoms with Gasteiger partial charge in [0.2, 0.25) is 0 Å². The van der Waals surface area contributed by atoms with Crippen LogP contribution in [0, 0.1) is 26.0 Å². The van der Waals surface area contributed by atoms with E-state index in [2.05, 4.69) is 0 Å². The number of rotatable bonds is 2. The van der Waals surface area contributed by atoms with Gasteiger partial charge in [-0.15, -0.1) is 0 Å². The van der Waals surface area contributed by atoms with Crippen LogP contribution in [0.2, 0.25) is 0 Å². The summed E-state index contributed by atoms with van der Waals surface area (Å²) in [4.78, 5) is 0. The standard InChI is InChI=1S/C10H15NO2/c1-5-13-10-7(2)6-11(12)9(4)8(10)3/h6H,5H2,1-4H3. The number of ether oxygens (including phenoxy) is 1. The van der Waals surface area contributed by atoms with Crippen molar-refractivity contribution in [1.29, 1.82) is 0 Å². The van der Waals surface area contributed by atoms with Crippen molar-refractivity contribution in [2.75, 3.05) is 6.61 Å². The summed E-state index contributed by atoms with van der Waals surface area (Å²) >= 11 is 0. The van der Waals surface area contributed by atoms with E-state index in [1.54, 1.807) is 13.1 Å². The van der Waals surface area contributed by atoms with Gasteiger partial charge in [0.15, 0.2) is 11.9 Å². The zero-order chi connectivity index (χ0) is 10.0. The Morgan fingerprint density at radius 3 is 2.54 bits per heavy atom. The summed E-state index contributed by atoms with van der Waals surface area (Å²) < 4.78 is 6.33. The van der Waals surface area contributed by atoms with Crippen LogP contribution in [-0.2, 0) is 0 Å². The molecule has 0 aliphatic rings. The Morgan fingerprint density at radius 2 is 2.00 bits per heavy atom. The molecule has 0 fully saturated rings. The molecule has 0 saturated heterocycles. The minimum absolute atomic E-state index is 0.629. The number of pyridine rings is 1. The second-order valence-electron chi connectivity index (χ2n) is 3.11. The first-order valence-corrected chi connectivity index (χ1v) is 4.40. The first kappa shape index (κ1) is 9.84. The van der Waals surface area contributed by atoms with E-state index in [-0.39, 0.29) is 0 Å². The van der Waals surface area contributed by atoms with E-state index in [0.29, 0.717) is 12.3 Å². The molecule has 13 heavy (non-hydrogen) atoms. The van der Waals surface area contributed by atoms with E-state index in [9.17, 15) is 5.21 Å². The van der Waals surface area contributed by atoms with Gasteiger partial charge in [-0.1, -0.05) is 0 Å². The Balaban J connectivity index is 3.26. The number of aryl methyl sites for hydroxylation is 1. The molecule has 1 aromatic heterocycles. The lowest BCUT2D eigenvalue weighted by molar-refractivity contribution is -0.613. The highest BCUT2D eigenvalue weighted by atomic mass is 16.5. The second kappa shape index (κ2) is 3.64. The molecule has 0 N–H and O–H groups in total. The van der Waals surface area contributed by atoms with E-state index in [1.165, 1.54) is 0 Å². The third-order valence-corrected chi connectivity index (χ3v) is 2.17. The van der Waals surface area contributed by atoms with Crippen LogP contribution < -0.4 is 9.47 Å². The minimum Gasteiger partial charge on any atom is -0.618 e. The smallest absolute Gasteiger partial charge is 0.196 e. The fourth-order valence-corrected chi connectivity index (χ4v) is 1.32. The van der Waals surface area contributed by atoms with Crippen molar-refractivity contribution in [2.45, 2.75) is 27.7 Å². The van der Waals surface area contributed by atoms with Crippen molar-refractivity contribution < 1.29 is 9.47 Å². The normalized spacial score (nSPS) is 10.2. The quantitative estimate of drug-likeness (QED) is 0.513. The second-order valence-corrected chi connectivity index (χ2v) is 3.11. The number of hydrogen-bond donors (Lipinski definition) is 0. The monoisotopic (exact) mass is 181 g/mol. The van der Waals surface area contributed by atoms with Gasteiger partial charge < -0.3 is 9.94 Å². The lowest BCUT2D eigenvalue weighted by Gasteiger charge is -2.12. The molecule has 0 aliphatic heterocycles. The summed E-state index contributed by atoms with van der Waals surface area (Å²) in [6, 6.07) is 0. The maximum atomic E-state index is 11.3. The van der Waals surface area contributed by atoms with Crippen LogP contribution in [0.25, 0.3) is 0 Å². The maximum absolute atomic E-state index is 11.3. The van der Waals surface area contributed by atoms with E-state index < -0.39 is 0 Å². The molecular formula is C10H15NO2. The molecule has 72 valence electrons. The Hall–Kier alpha value is -1.25. The molecule has 0 spiro atoms. The van der Waals surface area contributed by atoms with Gasteiger partial charge in [-0.05, 0) is 20.8 Å². The van der Waals surface area contributed by atoms with Crippen molar-refractivity contribution in [3.8, 4) is 5.75 Å². The fourth-order valence-electron chi connectivity index (χ4n) is 1.32. The molecule has 0 saturated carbocycles. The van der Waals surface area contributed by atoms with Gasteiger partial charge >= 0.3 is 0 Å². The predicted octanol–water partition coefficient (Wildman–Crippen LogP) is 1.64. The summed E-state index contributed by atoms with van der Waals surface area (Å²) in [5, 5.41) is 11.3. The van der Waals surface area contributed by atoms with Gasteiger partial charge in [0.1, 0.15) is 5.75 Å². The molecule has 1 rings (SSSR count). The largest absolute Gasteiger partial charge is 0.618 e. The minimum atomic E-state index is 0.629. The van der Waals surface area contributed by atoms with Crippen LogP contribution in [0.15, 0.2) is 6.20 Å².